The van der Waals surface area contributed by atoms with Gasteiger partial charge in [-0.15, -0.1) is 5.10 Å². The van der Waals surface area contributed by atoms with Crippen LogP contribution in [0.1, 0.15) is 24.3 Å². The van der Waals surface area contributed by atoms with E-state index < -0.39 is 5.60 Å². The maximum Gasteiger partial charge on any atom is 0.273 e. The minimum absolute atomic E-state index is 0.0939. The number of carbonyl (C=O) groups is 1. The van der Waals surface area contributed by atoms with Crippen LogP contribution in [0, 0.1) is 0 Å². The van der Waals surface area contributed by atoms with Gasteiger partial charge >= 0.3 is 0 Å². The van der Waals surface area contributed by atoms with Crippen LogP contribution in [0.25, 0.3) is 0 Å². The van der Waals surface area contributed by atoms with E-state index in [0.717, 1.165) is 5.75 Å². The topological polar surface area (TPSA) is 69.5 Å². The number of carbonyl (C=O) groups excluding carboxylic acids is 1. The first-order valence-electron chi connectivity index (χ1n) is 7.94. The average Bonchev–Trinajstić information content (AvgIpc) is 2.98. The third-order valence-corrected chi connectivity index (χ3v) is 3.88. The molecule has 0 saturated carbocycles. The summed E-state index contributed by atoms with van der Waals surface area (Å²) in [6, 6.07) is 9.59. The third kappa shape index (κ3) is 3.73. The predicted molar refractivity (Wildman–Crippen MR) is 87.8 cm³/mol. The highest BCUT2D eigenvalue weighted by atomic mass is 16.5. The number of hydrogen-bond acceptors (Lipinski definition) is 5. The summed E-state index contributed by atoms with van der Waals surface area (Å²) in [6.07, 6.45) is 1.29. The summed E-state index contributed by atoms with van der Waals surface area (Å²) >= 11 is 0. The van der Waals surface area contributed by atoms with Gasteiger partial charge in [-0.25, -0.2) is 4.68 Å². The minimum Gasteiger partial charge on any atom is -0.491 e. The third-order valence-electron chi connectivity index (χ3n) is 3.88. The van der Waals surface area contributed by atoms with Gasteiger partial charge in [0.25, 0.3) is 5.91 Å². The largest absolute Gasteiger partial charge is 0.491 e. The summed E-state index contributed by atoms with van der Waals surface area (Å²) < 4.78 is 13.3. The van der Waals surface area contributed by atoms with Crippen LogP contribution < -0.4 is 4.74 Å². The lowest BCUT2D eigenvalue weighted by molar-refractivity contribution is -0.136. The van der Waals surface area contributed by atoms with Crippen molar-refractivity contribution in [3.63, 3.8) is 0 Å². The lowest BCUT2D eigenvalue weighted by Crippen LogP contribution is -2.56. The zero-order valence-electron chi connectivity index (χ0n) is 14.2. The van der Waals surface area contributed by atoms with Crippen molar-refractivity contribution >= 4 is 5.91 Å². The molecule has 1 atom stereocenters. The van der Waals surface area contributed by atoms with E-state index in [9.17, 15) is 4.79 Å². The van der Waals surface area contributed by atoms with Gasteiger partial charge in [0, 0.05) is 13.6 Å². The van der Waals surface area contributed by atoms with Crippen LogP contribution in [0.5, 0.6) is 5.75 Å². The summed E-state index contributed by atoms with van der Waals surface area (Å²) in [5.74, 6) is 0.696. The molecule has 1 fully saturated rings. The molecular weight excluding hydrogens is 308 g/mol. The molecule has 1 amide bonds. The Balaban J connectivity index is 1.68. The van der Waals surface area contributed by atoms with E-state index in [1.54, 1.807) is 11.9 Å². The maximum absolute atomic E-state index is 12.7. The average molecular weight is 330 g/mol. The molecule has 128 valence electrons. The molecule has 3 rings (SSSR count). The molecule has 0 spiro atoms. The fourth-order valence-corrected chi connectivity index (χ4v) is 2.89. The molecule has 2 heterocycles. The van der Waals surface area contributed by atoms with Crippen molar-refractivity contribution in [3.8, 4) is 5.75 Å². The maximum atomic E-state index is 12.7. The number of para-hydroxylation sites is 1. The standard InChI is InChI=1S/C17H22N4O3/c1-17(2)12-21(16(22)15-9-18-19-20(15)3)10-14(24-17)11-23-13-7-5-4-6-8-13/h4-9,14H,10-12H2,1-3H3. The van der Waals surface area contributed by atoms with E-state index >= 15 is 0 Å². The number of aryl methyl sites for hydroxylation is 1. The normalized spacial score (nSPS) is 20.0. The molecule has 1 aromatic carbocycles. The first-order chi connectivity index (χ1) is 11.4. The molecule has 0 aliphatic carbocycles. The zero-order chi connectivity index (χ0) is 17.2. The Hall–Kier alpha value is -2.41. The van der Waals surface area contributed by atoms with Crippen LogP contribution in [-0.2, 0) is 11.8 Å². The summed E-state index contributed by atoms with van der Waals surface area (Å²) in [5.41, 5.74) is 0.0282. The monoisotopic (exact) mass is 330 g/mol. The Kier molecular flexibility index (Phi) is 4.53. The van der Waals surface area contributed by atoms with Crippen LogP contribution in [0.15, 0.2) is 36.5 Å². The van der Waals surface area contributed by atoms with Crippen molar-refractivity contribution in [1.82, 2.24) is 19.9 Å². The van der Waals surface area contributed by atoms with Crippen molar-refractivity contribution in [2.45, 2.75) is 25.6 Å². The van der Waals surface area contributed by atoms with E-state index in [4.69, 9.17) is 9.47 Å². The highest BCUT2D eigenvalue weighted by Crippen LogP contribution is 2.23. The van der Waals surface area contributed by atoms with Gasteiger partial charge in [0.05, 0.1) is 18.3 Å². The van der Waals surface area contributed by atoms with Crippen LogP contribution in [0.3, 0.4) is 0 Å². The molecule has 1 aromatic heterocycles. The Morgan fingerprint density at radius 2 is 2.12 bits per heavy atom. The Morgan fingerprint density at radius 1 is 1.38 bits per heavy atom. The Morgan fingerprint density at radius 3 is 2.79 bits per heavy atom. The molecule has 0 radical (unpaired) electrons. The van der Waals surface area contributed by atoms with Crippen molar-refractivity contribution in [2.24, 2.45) is 7.05 Å². The van der Waals surface area contributed by atoms with Gasteiger partial charge in [0.2, 0.25) is 0 Å². The summed E-state index contributed by atoms with van der Waals surface area (Å²) in [7, 11) is 1.71. The number of benzene rings is 1. The van der Waals surface area contributed by atoms with E-state index in [1.165, 1.54) is 10.9 Å². The van der Waals surface area contributed by atoms with Gasteiger partial charge in [-0.3, -0.25) is 4.79 Å². The van der Waals surface area contributed by atoms with Crippen molar-refractivity contribution in [3.05, 3.63) is 42.2 Å². The van der Waals surface area contributed by atoms with Gasteiger partial charge in [0.15, 0.2) is 0 Å². The summed E-state index contributed by atoms with van der Waals surface area (Å²) in [6.45, 7) is 5.33. The second-order valence-electron chi connectivity index (χ2n) is 6.55. The van der Waals surface area contributed by atoms with Crippen molar-refractivity contribution in [2.75, 3.05) is 19.7 Å². The molecule has 1 saturated heterocycles. The second kappa shape index (κ2) is 6.60. The SMILES string of the molecule is Cn1nncc1C(=O)N1CC(COc2ccccc2)OC(C)(C)C1. The van der Waals surface area contributed by atoms with Crippen molar-refractivity contribution < 1.29 is 14.3 Å². The van der Waals surface area contributed by atoms with Crippen LogP contribution in [-0.4, -0.2) is 57.2 Å². The quantitative estimate of drug-likeness (QED) is 0.850. The number of hydrogen-bond donors (Lipinski definition) is 0. The van der Waals surface area contributed by atoms with E-state index in [2.05, 4.69) is 10.3 Å². The molecular formula is C17H22N4O3. The number of amides is 1. The van der Waals surface area contributed by atoms with E-state index in [1.807, 2.05) is 44.2 Å². The molecule has 1 aliphatic rings. The smallest absolute Gasteiger partial charge is 0.273 e. The number of morpholine rings is 1. The molecule has 0 N–H and O–H groups in total. The first-order valence-corrected chi connectivity index (χ1v) is 7.94. The molecule has 24 heavy (non-hydrogen) atoms. The summed E-state index contributed by atoms with van der Waals surface area (Å²) in [4.78, 5) is 14.5. The molecule has 1 aliphatic heterocycles. The van der Waals surface area contributed by atoms with E-state index in [0.29, 0.717) is 25.4 Å². The molecule has 7 heteroatoms. The lowest BCUT2D eigenvalue weighted by Gasteiger charge is -2.42. The Bertz CT molecular complexity index is 699. The fraction of sp³-hybridized carbons (Fsp3) is 0.471. The highest BCUT2D eigenvalue weighted by Gasteiger charge is 2.37. The van der Waals surface area contributed by atoms with Gasteiger partial charge in [-0.05, 0) is 26.0 Å². The molecule has 0 bridgehead atoms. The van der Waals surface area contributed by atoms with Gasteiger partial charge in [-0.2, -0.15) is 0 Å². The number of rotatable bonds is 4. The summed E-state index contributed by atoms with van der Waals surface area (Å²) in [5, 5.41) is 7.61. The Labute approximate surface area is 141 Å². The van der Waals surface area contributed by atoms with Gasteiger partial charge < -0.3 is 14.4 Å². The zero-order valence-corrected chi connectivity index (χ0v) is 14.2. The molecule has 7 nitrogen and oxygen atoms in total. The fourth-order valence-electron chi connectivity index (χ4n) is 2.89. The predicted octanol–water partition coefficient (Wildman–Crippen LogP) is 1.51. The van der Waals surface area contributed by atoms with E-state index in [-0.39, 0.29) is 12.0 Å². The van der Waals surface area contributed by atoms with Crippen LogP contribution in [0.2, 0.25) is 0 Å². The molecule has 2 aromatic rings. The number of aromatic nitrogens is 3. The minimum atomic E-state index is -0.440. The molecule has 1 unspecified atom stereocenters. The highest BCUT2D eigenvalue weighted by molar-refractivity contribution is 5.92. The van der Waals surface area contributed by atoms with Crippen LogP contribution in [0.4, 0.5) is 0 Å². The van der Waals surface area contributed by atoms with Gasteiger partial charge in [0.1, 0.15) is 24.2 Å². The number of nitrogens with zero attached hydrogens (tertiary/aromatic N) is 4. The number of ether oxygens (including phenoxy) is 2. The van der Waals surface area contributed by atoms with Gasteiger partial charge in [-0.1, -0.05) is 23.4 Å². The lowest BCUT2D eigenvalue weighted by atomic mass is 10.0. The first kappa shape index (κ1) is 16.4. The second-order valence-corrected chi connectivity index (χ2v) is 6.55. The van der Waals surface area contributed by atoms with Crippen molar-refractivity contribution in [1.29, 1.82) is 0 Å². The van der Waals surface area contributed by atoms with Crippen LogP contribution >= 0.6 is 0 Å².